The molecule has 3 nitrogen and oxygen atoms in total. The first-order valence-electron chi connectivity index (χ1n) is 9.60. The quantitative estimate of drug-likeness (QED) is 0.228. The summed E-state index contributed by atoms with van der Waals surface area (Å²) in [7, 11) is 0. The summed E-state index contributed by atoms with van der Waals surface area (Å²) in [6.45, 7) is 0.472. The van der Waals surface area contributed by atoms with Crippen molar-refractivity contribution in [3.63, 3.8) is 0 Å². The standard InChI is InChI=1S/C23H21BrClNO2/c24-17-7-3-6-16(13-17)22-18-8-1-2-9-20(18)26-23(25)19(22)14-21(27)28-12-4-5-15-10-11-15/h1-3,6-9,13,15H,4-5,10-12,14H2. The highest BCUT2D eigenvalue weighted by Crippen LogP contribution is 2.36. The fourth-order valence-corrected chi connectivity index (χ4v) is 4.17. The number of para-hydroxylation sites is 1. The number of carbonyl (C=O) groups is 1. The lowest BCUT2D eigenvalue weighted by Crippen LogP contribution is -2.11. The molecule has 1 aliphatic carbocycles. The number of benzene rings is 2. The second-order valence-electron chi connectivity index (χ2n) is 7.27. The molecule has 3 aromatic rings. The molecule has 1 heterocycles. The molecule has 0 atom stereocenters. The van der Waals surface area contributed by atoms with Crippen molar-refractivity contribution in [2.75, 3.05) is 6.61 Å². The van der Waals surface area contributed by atoms with Gasteiger partial charge in [0.2, 0.25) is 0 Å². The van der Waals surface area contributed by atoms with Crippen molar-refractivity contribution in [3.05, 3.63) is 63.7 Å². The minimum Gasteiger partial charge on any atom is -0.465 e. The summed E-state index contributed by atoms with van der Waals surface area (Å²) in [5.41, 5.74) is 3.45. The van der Waals surface area contributed by atoms with E-state index in [1.807, 2.05) is 48.5 Å². The second-order valence-corrected chi connectivity index (χ2v) is 8.54. The third kappa shape index (κ3) is 4.56. The summed E-state index contributed by atoms with van der Waals surface area (Å²) < 4.78 is 6.44. The zero-order valence-corrected chi connectivity index (χ0v) is 17.8. The normalized spacial score (nSPS) is 13.6. The van der Waals surface area contributed by atoms with Gasteiger partial charge in [0.05, 0.1) is 18.5 Å². The van der Waals surface area contributed by atoms with Crippen LogP contribution in [0.1, 0.15) is 31.2 Å². The number of nitrogens with zero attached hydrogens (tertiary/aromatic N) is 1. The van der Waals surface area contributed by atoms with Crippen molar-refractivity contribution in [1.82, 2.24) is 4.98 Å². The van der Waals surface area contributed by atoms with Crippen molar-refractivity contribution in [1.29, 1.82) is 0 Å². The molecule has 0 amide bonds. The highest BCUT2D eigenvalue weighted by molar-refractivity contribution is 9.10. The highest BCUT2D eigenvalue weighted by Gasteiger charge is 2.21. The Morgan fingerprint density at radius 3 is 2.79 bits per heavy atom. The first kappa shape index (κ1) is 19.4. The molecule has 144 valence electrons. The Kier molecular flexibility index (Phi) is 5.98. The van der Waals surface area contributed by atoms with Crippen LogP contribution in [-0.4, -0.2) is 17.6 Å². The van der Waals surface area contributed by atoms with E-state index < -0.39 is 0 Å². The van der Waals surface area contributed by atoms with Crippen LogP contribution in [0.5, 0.6) is 0 Å². The van der Waals surface area contributed by atoms with E-state index in [0.29, 0.717) is 17.3 Å². The lowest BCUT2D eigenvalue weighted by atomic mass is 9.95. The van der Waals surface area contributed by atoms with Gasteiger partial charge in [-0.15, -0.1) is 0 Å². The molecule has 1 saturated carbocycles. The number of esters is 1. The van der Waals surface area contributed by atoms with E-state index in [1.54, 1.807) is 0 Å². The molecular formula is C23H21BrClNO2. The van der Waals surface area contributed by atoms with Gasteiger partial charge in [-0.2, -0.15) is 0 Å². The largest absolute Gasteiger partial charge is 0.465 e. The Labute approximate surface area is 178 Å². The van der Waals surface area contributed by atoms with Crippen LogP contribution in [0, 0.1) is 5.92 Å². The van der Waals surface area contributed by atoms with Crippen molar-refractivity contribution >= 4 is 44.4 Å². The molecule has 1 aromatic heterocycles. The zero-order valence-electron chi connectivity index (χ0n) is 15.5. The van der Waals surface area contributed by atoms with Crippen LogP contribution in [0.2, 0.25) is 5.15 Å². The van der Waals surface area contributed by atoms with Gasteiger partial charge in [-0.3, -0.25) is 4.79 Å². The molecule has 0 spiro atoms. The molecule has 1 fully saturated rings. The van der Waals surface area contributed by atoms with Crippen molar-refractivity contribution < 1.29 is 9.53 Å². The maximum atomic E-state index is 12.5. The van der Waals surface area contributed by atoms with Gasteiger partial charge in [-0.05, 0) is 48.1 Å². The summed E-state index contributed by atoms with van der Waals surface area (Å²) in [6.07, 6.45) is 4.83. The number of rotatable bonds is 7. The zero-order chi connectivity index (χ0) is 19.5. The molecular weight excluding hydrogens is 438 g/mol. The second kappa shape index (κ2) is 8.62. The third-order valence-electron chi connectivity index (χ3n) is 5.09. The van der Waals surface area contributed by atoms with Crippen LogP contribution < -0.4 is 0 Å². The Balaban J connectivity index is 1.65. The van der Waals surface area contributed by atoms with Gasteiger partial charge in [0.15, 0.2) is 0 Å². The van der Waals surface area contributed by atoms with Crippen LogP contribution in [0.3, 0.4) is 0 Å². The number of pyridine rings is 1. The molecule has 0 saturated heterocycles. The molecule has 2 aromatic carbocycles. The van der Waals surface area contributed by atoms with Gasteiger partial charge in [-0.25, -0.2) is 4.98 Å². The Bertz CT molecular complexity index is 1020. The smallest absolute Gasteiger partial charge is 0.310 e. The summed E-state index contributed by atoms with van der Waals surface area (Å²) >= 11 is 10.1. The summed E-state index contributed by atoms with van der Waals surface area (Å²) in [6, 6.07) is 15.9. The van der Waals surface area contributed by atoms with E-state index in [-0.39, 0.29) is 12.4 Å². The van der Waals surface area contributed by atoms with E-state index in [1.165, 1.54) is 12.8 Å². The average Bonchev–Trinajstić information content (AvgIpc) is 3.50. The van der Waals surface area contributed by atoms with Gasteiger partial charge in [0.25, 0.3) is 0 Å². The number of carbonyl (C=O) groups excluding carboxylic acids is 1. The summed E-state index contributed by atoms with van der Waals surface area (Å²) in [4.78, 5) is 17.0. The van der Waals surface area contributed by atoms with Gasteiger partial charge in [-0.1, -0.05) is 70.7 Å². The predicted molar refractivity (Wildman–Crippen MR) is 117 cm³/mol. The average molecular weight is 459 g/mol. The van der Waals surface area contributed by atoms with Gasteiger partial charge in [0, 0.05) is 15.4 Å². The fourth-order valence-electron chi connectivity index (χ4n) is 3.52. The van der Waals surface area contributed by atoms with Crippen molar-refractivity contribution in [3.8, 4) is 11.1 Å². The van der Waals surface area contributed by atoms with Crippen LogP contribution in [-0.2, 0) is 16.0 Å². The summed E-state index contributed by atoms with van der Waals surface area (Å²) in [5.74, 6) is 0.590. The Hall–Kier alpha value is -1.91. The topological polar surface area (TPSA) is 39.2 Å². The molecule has 0 bridgehead atoms. The van der Waals surface area contributed by atoms with Crippen molar-refractivity contribution in [2.45, 2.75) is 32.1 Å². The number of ether oxygens (including phenoxy) is 1. The van der Waals surface area contributed by atoms with Crippen LogP contribution in [0.15, 0.2) is 53.0 Å². The third-order valence-corrected chi connectivity index (χ3v) is 5.90. The van der Waals surface area contributed by atoms with Gasteiger partial charge >= 0.3 is 5.97 Å². The van der Waals surface area contributed by atoms with Crippen LogP contribution in [0.25, 0.3) is 22.0 Å². The number of hydrogen-bond donors (Lipinski definition) is 0. The van der Waals surface area contributed by atoms with Gasteiger partial charge in [0.1, 0.15) is 5.15 Å². The number of fused-ring (bicyclic) bond motifs is 1. The van der Waals surface area contributed by atoms with E-state index in [9.17, 15) is 4.79 Å². The molecule has 28 heavy (non-hydrogen) atoms. The summed E-state index contributed by atoms with van der Waals surface area (Å²) in [5, 5.41) is 1.32. The van der Waals surface area contributed by atoms with E-state index in [2.05, 4.69) is 20.9 Å². The maximum Gasteiger partial charge on any atom is 0.310 e. The number of halogens is 2. The monoisotopic (exact) mass is 457 g/mol. The molecule has 4 rings (SSSR count). The predicted octanol–water partition coefficient (Wildman–Crippen LogP) is 6.59. The molecule has 5 heteroatoms. The molecule has 0 N–H and O–H groups in total. The Morgan fingerprint density at radius 2 is 2.00 bits per heavy atom. The first-order chi connectivity index (χ1) is 13.6. The van der Waals surface area contributed by atoms with Crippen LogP contribution >= 0.6 is 27.5 Å². The van der Waals surface area contributed by atoms with E-state index in [0.717, 1.165) is 45.3 Å². The fraction of sp³-hybridized carbons (Fsp3) is 0.304. The van der Waals surface area contributed by atoms with E-state index >= 15 is 0 Å². The first-order valence-corrected chi connectivity index (χ1v) is 10.8. The van der Waals surface area contributed by atoms with Crippen molar-refractivity contribution in [2.24, 2.45) is 5.92 Å². The van der Waals surface area contributed by atoms with Gasteiger partial charge < -0.3 is 4.74 Å². The molecule has 0 aliphatic heterocycles. The lowest BCUT2D eigenvalue weighted by Gasteiger charge is -2.15. The molecule has 0 radical (unpaired) electrons. The SMILES string of the molecule is O=C(Cc1c(Cl)nc2ccccc2c1-c1cccc(Br)c1)OCCCC1CC1. The van der Waals surface area contributed by atoms with Crippen LogP contribution in [0.4, 0.5) is 0 Å². The Morgan fingerprint density at radius 1 is 1.18 bits per heavy atom. The highest BCUT2D eigenvalue weighted by atomic mass is 79.9. The maximum absolute atomic E-state index is 12.5. The lowest BCUT2D eigenvalue weighted by molar-refractivity contribution is -0.142. The minimum absolute atomic E-state index is 0.113. The minimum atomic E-state index is -0.258. The number of hydrogen-bond acceptors (Lipinski definition) is 3. The van der Waals surface area contributed by atoms with E-state index in [4.69, 9.17) is 16.3 Å². The number of aromatic nitrogens is 1. The molecule has 0 unspecified atom stereocenters. The molecule has 1 aliphatic rings.